The topological polar surface area (TPSA) is 209 Å². The smallest absolute Gasteiger partial charge is 0.242 e. The maximum Gasteiger partial charge on any atom is 0.242 e. The zero-order chi connectivity index (χ0) is 35.0. The lowest BCUT2D eigenvalue weighted by atomic mass is 9.95. The van der Waals surface area contributed by atoms with E-state index in [0.29, 0.717) is 35.2 Å². The molecule has 0 bridgehead atoms. The van der Waals surface area contributed by atoms with E-state index in [2.05, 4.69) is 28.6 Å². The van der Waals surface area contributed by atoms with Crippen LogP contribution >= 0.6 is 0 Å². The van der Waals surface area contributed by atoms with E-state index >= 15 is 0 Å². The molecule has 3 aliphatic rings. The molecular formula is C35H41N3O11. The number of hydrogen-bond acceptors (Lipinski definition) is 12. The first kappa shape index (κ1) is 35.2. The largest absolute Gasteiger partial charge is 0.394 e. The number of rotatable bonds is 4. The summed E-state index contributed by atoms with van der Waals surface area (Å²) in [6, 6.07) is 10.9. The quantitative estimate of drug-likeness (QED) is 0.130. The number of aromatic nitrogens is 1. The summed E-state index contributed by atoms with van der Waals surface area (Å²) in [4.78, 5) is 17.6. The first-order chi connectivity index (χ1) is 23.5. The number of ether oxygens (including phenoxy) is 2. The van der Waals surface area contributed by atoms with Crippen LogP contribution in [0.15, 0.2) is 36.4 Å². The summed E-state index contributed by atoms with van der Waals surface area (Å²) in [5.41, 5.74) is 2.47. The van der Waals surface area contributed by atoms with Crippen molar-refractivity contribution in [2.75, 3.05) is 46.4 Å². The highest BCUT2D eigenvalue weighted by molar-refractivity contribution is 6.09. The molecule has 6 rings (SSSR count). The summed E-state index contributed by atoms with van der Waals surface area (Å²) in [6.45, 7) is 1.60. The molecule has 0 radical (unpaired) electrons. The SMILES string of the molecule is CN1CCN(C(=O)Cn2c3cc(C#CC4OC(CO)C(O)C(O)C4O)ccc3c3ccc(C#CC4OC(CO)C(O)C(O)C4O)cc32)CC1. The van der Waals surface area contributed by atoms with Crippen LogP contribution in [0.5, 0.6) is 0 Å². The average molecular weight is 680 g/mol. The number of nitrogens with zero attached hydrogens (tertiary/aromatic N) is 3. The number of fused-ring (bicyclic) bond motifs is 3. The maximum atomic E-state index is 13.6. The van der Waals surface area contributed by atoms with E-state index in [0.717, 1.165) is 23.9 Å². The van der Waals surface area contributed by atoms with Gasteiger partial charge in [0, 0.05) is 48.1 Å². The van der Waals surface area contributed by atoms with Gasteiger partial charge in [-0.3, -0.25) is 4.79 Å². The van der Waals surface area contributed by atoms with Crippen LogP contribution in [0.1, 0.15) is 11.1 Å². The van der Waals surface area contributed by atoms with Crippen LogP contribution in [-0.2, 0) is 20.8 Å². The molecule has 0 spiro atoms. The third-order valence-corrected chi connectivity index (χ3v) is 9.52. The van der Waals surface area contributed by atoms with E-state index in [-0.39, 0.29) is 12.5 Å². The van der Waals surface area contributed by atoms with Crippen molar-refractivity contribution in [3.63, 3.8) is 0 Å². The molecule has 0 aliphatic carbocycles. The molecule has 10 atom stereocenters. The number of carbonyl (C=O) groups is 1. The van der Waals surface area contributed by atoms with Crippen molar-refractivity contribution in [3.8, 4) is 23.7 Å². The Morgan fingerprint density at radius 3 is 1.57 bits per heavy atom. The summed E-state index contributed by atoms with van der Waals surface area (Å²) < 4.78 is 12.9. The van der Waals surface area contributed by atoms with Crippen molar-refractivity contribution in [2.45, 2.75) is 67.6 Å². The zero-order valence-corrected chi connectivity index (χ0v) is 26.8. The summed E-state index contributed by atoms with van der Waals surface area (Å²) in [7, 11) is 2.01. The average Bonchev–Trinajstić information content (AvgIpc) is 3.40. The predicted molar refractivity (Wildman–Crippen MR) is 175 cm³/mol. The number of carbonyl (C=O) groups excluding carboxylic acids is 1. The summed E-state index contributed by atoms with van der Waals surface area (Å²) in [5, 5.41) is 82.1. The van der Waals surface area contributed by atoms with Gasteiger partial charge >= 0.3 is 0 Å². The Morgan fingerprint density at radius 2 is 1.14 bits per heavy atom. The first-order valence-electron chi connectivity index (χ1n) is 16.2. The Balaban J connectivity index is 1.37. The molecular weight excluding hydrogens is 638 g/mol. The van der Waals surface area contributed by atoms with Gasteiger partial charge in [0.15, 0.2) is 0 Å². The summed E-state index contributed by atoms with van der Waals surface area (Å²) >= 11 is 0. The van der Waals surface area contributed by atoms with Gasteiger partial charge in [0.2, 0.25) is 5.91 Å². The minimum absolute atomic E-state index is 0.0247. The maximum absolute atomic E-state index is 13.6. The lowest BCUT2D eigenvalue weighted by molar-refractivity contribution is -0.214. The van der Waals surface area contributed by atoms with E-state index in [1.807, 2.05) is 40.8 Å². The molecule has 262 valence electrons. The Morgan fingerprint density at radius 1 is 0.694 bits per heavy atom. The summed E-state index contributed by atoms with van der Waals surface area (Å²) in [6.07, 6.45) is -13.6. The van der Waals surface area contributed by atoms with Crippen molar-refractivity contribution in [3.05, 3.63) is 47.5 Å². The molecule has 14 nitrogen and oxygen atoms in total. The molecule has 1 aromatic heterocycles. The van der Waals surface area contributed by atoms with Crippen molar-refractivity contribution in [1.82, 2.24) is 14.4 Å². The Kier molecular flexibility index (Phi) is 10.6. The molecule has 14 heteroatoms. The lowest BCUT2D eigenvalue weighted by Crippen LogP contribution is -2.58. The van der Waals surface area contributed by atoms with Crippen LogP contribution in [-0.4, -0.2) is 169 Å². The molecule has 4 heterocycles. The second-order valence-corrected chi connectivity index (χ2v) is 12.8. The Bertz CT molecular complexity index is 1690. The molecule has 10 unspecified atom stereocenters. The third kappa shape index (κ3) is 7.05. The van der Waals surface area contributed by atoms with E-state index in [4.69, 9.17) is 9.47 Å². The van der Waals surface area contributed by atoms with E-state index in [9.17, 15) is 45.6 Å². The highest BCUT2D eigenvalue weighted by Crippen LogP contribution is 2.31. The molecule has 2 aromatic carbocycles. The molecule has 3 aliphatic heterocycles. The van der Waals surface area contributed by atoms with Gasteiger partial charge in [-0.2, -0.15) is 0 Å². The van der Waals surface area contributed by atoms with Gasteiger partial charge in [-0.1, -0.05) is 35.8 Å². The lowest BCUT2D eigenvalue weighted by Gasteiger charge is -2.37. The molecule has 3 fully saturated rings. The normalized spacial score (nSPS) is 32.4. The fraction of sp³-hybridized carbons (Fsp3) is 0.514. The van der Waals surface area contributed by atoms with Crippen molar-refractivity contribution in [2.24, 2.45) is 0 Å². The van der Waals surface area contributed by atoms with E-state index < -0.39 is 74.3 Å². The van der Waals surface area contributed by atoms with Crippen LogP contribution in [0.4, 0.5) is 0 Å². The minimum Gasteiger partial charge on any atom is -0.394 e. The number of amides is 1. The van der Waals surface area contributed by atoms with Crippen LogP contribution < -0.4 is 0 Å². The monoisotopic (exact) mass is 679 g/mol. The van der Waals surface area contributed by atoms with Crippen LogP contribution in [0.25, 0.3) is 21.8 Å². The second-order valence-electron chi connectivity index (χ2n) is 12.8. The van der Waals surface area contributed by atoms with Crippen LogP contribution in [0, 0.1) is 23.7 Å². The third-order valence-electron chi connectivity index (χ3n) is 9.52. The molecule has 3 aromatic rings. The van der Waals surface area contributed by atoms with Crippen LogP contribution in [0.2, 0.25) is 0 Å². The van der Waals surface area contributed by atoms with Gasteiger partial charge in [-0.05, 0) is 31.3 Å². The highest BCUT2D eigenvalue weighted by Gasteiger charge is 2.43. The molecule has 0 saturated carbocycles. The number of aliphatic hydroxyl groups is 8. The van der Waals surface area contributed by atoms with Gasteiger partial charge < -0.3 is 64.7 Å². The second kappa shape index (κ2) is 14.7. The van der Waals surface area contributed by atoms with Gasteiger partial charge in [-0.25, -0.2) is 0 Å². The standard InChI is InChI=1S/C35H41N3O11/c1-36-10-12-37(13-11-36)29(41)16-38-23-14-19(4-8-25-30(42)34(46)32(44)27(17-39)48-25)2-6-21(23)22-7-3-20(15-24(22)38)5-9-26-31(43)35(47)33(45)28(18-40)49-26/h2-3,6-7,14-15,25-28,30-35,39-40,42-47H,10-13,16-18H2,1H3. The zero-order valence-electron chi connectivity index (χ0n) is 26.8. The molecule has 1 amide bonds. The number of hydrogen-bond donors (Lipinski definition) is 8. The molecule has 3 saturated heterocycles. The van der Waals surface area contributed by atoms with Gasteiger partial charge in [0.1, 0.15) is 67.6 Å². The fourth-order valence-electron chi connectivity index (χ4n) is 6.46. The van der Waals surface area contributed by atoms with Gasteiger partial charge in [-0.15, -0.1) is 0 Å². The van der Waals surface area contributed by atoms with Crippen molar-refractivity contribution in [1.29, 1.82) is 0 Å². The first-order valence-corrected chi connectivity index (χ1v) is 16.2. The molecule has 8 N–H and O–H groups in total. The highest BCUT2D eigenvalue weighted by atomic mass is 16.5. The van der Waals surface area contributed by atoms with E-state index in [1.165, 1.54) is 0 Å². The predicted octanol–water partition coefficient (Wildman–Crippen LogP) is -3.04. The van der Waals surface area contributed by atoms with Gasteiger partial charge in [0.05, 0.1) is 24.2 Å². The summed E-state index contributed by atoms with van der Waals surface area (Å²) in [5.74, 6) is 11.4. The van der Waals surface area contributed by atoms with E-state index in [1.54, 1.807) is 12.1 Å². The number of likely N-dealkylation sites (N-methyl/N-ethyl adjacent to an activating group) is 1. The Labute approximate surface area is 282 Å². The molecule has 49 heavy (non-hydrogen) atoms. The Hall–Kier alpha value is -3.61. The van der Waals surface area contributed by atoms with Crippen LogP contribution in [0.3, 0.4) is 0 Å². The van der Waals surface area contributed by atoms with Crippen molar-refractivity contribution < 1.29 is 55.1 Å². The number of piperazine rings is 1. The minimum atomic E-state index is -1.55. The number of aliphatic hydroxyl groups excluding tert-OH is 8. The van der Waals surface area contributed by atoms with Gasteiger partial charge in [0.25, 0.3) is 0 Å². The number of benzene rings is 2. The fourth-order valence-corrected chi connectivity index (χ4v) is 6.46. The van der Waals surface area contributed by atoms with Crippen molar-refractivity contribution >= 4 is 27.7 Å².